The molecule has 0 spiro atoms. The predicted octanol–water partition coefficient (Wildman–Crippen LogP) is 2.73. The number of benzene rings is 2. The Morgan fingerprint density at radius 1 is 1.05 bits per heavy atom. The van der Waals surface area contributed by atoms with Crippen molar-refractivity contribution in [2.24, 2.45) is 0 Å². The van der Waals surface area contributed by atoms with E-state index in [2.05, 4.69) is 5.32 Å². The predicted molar refractivity (Wildman–Crippen MR) is 86.7 cm³/mol. The Labute approximate surface area is 134 Å². The van der Waals surface area contributed by atoms with Gasteiger partial charge in [0.1, 0.15) is 0 Å². The van der Waals surface area contributed by atoms with E-state index >= 15 is 0 Å². The zero-order valence-corrected chi connectivity index (χ0v) is 13.0. The van der Waals surface area contributed by atoms with Crippen molar-refractivity contribution < 1.29 is 9.59 Å². The lowest BCUT2D eigenvalue weighted by atomic mass is 10.2. The first-order chi connectivity index (χ1) is 10.6. The molecule has 2 amide bonds. The lowest BCUT2D eigenvalue weighted by Crippen LogP contribution is -2.37. The number of likely N-dealkylation sites (N-methyl/N-ethyl adjacent to an activating group) is 1. The van der Waals surface area contributed by atoms with Gasteiger partial charge in [0.2, 0.25) is 5.91 Å². The third-order valence-electron chi connectivity index (χ3n) is 3.19. The van der Waals surface area contributed by atoms with Gasteiger partial charge in [-0.2, -0.15) is 0 Å². The maximum atomic E-state index is 12.0. The van der Waals surface area contributed by atoms with Gasteiger partial charge in [-0.15, -0.1) is 0 Å². The summed E-state index contributed by atoms with van der Waals surface area (Å²) in [6, 6.07) is 16.1. The Bertz CT molecular complexity index is 641. The van der Waals surface area contributed by atoms with Crippen molar-refractivity contribution in [1.82, 2.24) is 10.2 Å². The van der Waals surface area contributed by atoms with Gasteiger partial charge in [0.25, 0.3) is 5.91 Å². The lowest BCUT2D eigenvalue weighted by molar-refractivity contribution is -0.129. The molecule has 0 unspecified atom stereocenters. The highest BCUT2D eigenvalue weighted by Crippen LogP contribution is 2.10. The second-order valence-corrected chi connectivity index (χ2v) is 5.36. The zero-order valence-electron chi connectivity index (χ0n) is 12.3. The van der Waals surface area contributed by atoms with Crippen LogP contribution in [0.1, 0.15) is 15.9 Å². The third-order valence-corrected chi connectivity index (χ3v) is 3.45. The number of rotatable bonds is 5. The van der Waals surface area contributed by atoms with Crippen molar-refractivity contribution in [3.8, 4) is 0 Å². The van der Waals surface area contributed by atoms with Crippen LogP contribution in [0, 0.1) is 0 Å². The Balaban J connectivity index is 1.84. The normalized spacial score (nSPS) is 10.1. The molecule has 2 aromatic rings. The number of amides is 2. The number of halogens is 1. The first kappa shape index (κ1) is 16.0. The van der Waals surface area contributed by atoms with E-state index in [1.807, 2.05) is 18.2 Å². The highest BCUT2D eigenvalue weighted by atomic mass is 35.5. The molecule has 0 fully saturated rings. The monoisotopic (exact) mass is 316 g/mol. The molecular formula is C17H17ClN2O2. The molecule has 0 aliphatic rings. The minimum Gasteiger partial charge on any atom is -0.343 e. The van der Waals surface area contributed by atoms with Crippen molar-refractivity contribution in [2.45, 2.75) is 6.54 Å². The van der Waals surface area contributed by atoms with E-state index < -0.39 is 0 Å². The summed E-state index contributed by atoms with van der Waals surface area (Å²) in [5.41, 5.74) is 1.52. The quantitative estimate of drug-likeness (QED) is 0.922. The molecule has 0 saturated heterocycles. The van der Waals surface area contributed by atoms with Crippen LogP contribution in [0.5, 0.6) is 0 Å². The van der Waals surface area contributed by atoms with E-state index in [9.17, 15) is 9.59 Å². The topological polar surface area (TPSA) is 49.4 Å². The smallest absolute Gasteiger partial charge is 0.251 e. The fourth-order valence-corrected chi connectivity index (χ4v) is 2.06. The summed E-state index contributed by atoms with van der Waals surface area (Å²) >= 11 is 5.83. The van der Waals surface area contributed by atoms with E-state index in [4.69, 9.17) is 11.6 Å². The molecule has 5 heteroatoms. The molecule has 0 aliphatic heterocycles. The number of carbonyl (C=O) groups is 2. The summed E-state index contributed by atoms with van der Waals surface area (Å²) in [6.45, 7) is 0.440. The van der Waals surface area contributed by atoms with Gasteiger partial charge < -0.3 is 10.2 Å². The zero-order chi connectivity index (χ0) is 15.9. The second kappa shape index (κ2) is 7.61. The molecule has 22 heavy (non-hydrogen) atoms. The van der Waals surface area contributed by atoms with Gasteiger partial charge in [-0.05, 0) is 29.8 Å². The maximum Gasteiger partial charge on any atom is 0.251 e. The summed E-state index contributed by atoms with van der Waals surface area (Å²) < 4.78 is 0. The Kier molecular flexibility index (Phi) is 5.55. The minimum atomic E-state index is -0.256. The van der Waals surface area contributed by atoms with Crippen molar-refractivity contribution in [3.05, 3.63) is 70.7 Å². The molecule has 1 N–H and O–H groups in total. The molecule has 114 valence electrons. The van der Waals surface area contributed by atoms with Gasteiger partial charge >= 0.3 is 0 Å². The fourth-order valence-electron chi connectivity index (χ4n) is 1.93. The SMILES string of the molecule is CN(Cc1ccc(Cl)cc1)C(=O)CNC(=O)c1ccccc1. The van der Waals surface area contributed by atoms with Crippen LogP contribution in [0.4, 0.5) is 0 Å². The van der Waals surface area contributed by atoms with Crippen LogP contribution in [0.25, 0.3) is 0 Å². The molecule has 0 heterocycles. The molecule has 0 saturated carbocycles. The van der Waals surface area contributed by atoms with E-state index in [-0.39, 0.29) is 18.4 Å². The van der Waals surface area contributed by atoms with Gasteiger partial charge in [-0.25, -0.2) is 0 Å². The van der Waals surface area contributed by atoms with Gasteiger partial charge in [0.15, 0.2) is 0 Å². The number of hydrogen-bond acceptors (Lipinski definition) is 2. The van der Waals surface area contributed by atoms with Crippen LogP contribution in [0.3, 0.4) is 0 Å². The number of nitrogens with zero attached hydrogens (tertiary/aromatic N) is 1. The van der Waals surface area contributed by atoms with Crippen molar-refractivity contribution in [1.29, 1.82) is 0 Å². The van der Waals surface area contributed by atoms with Crippen LogP contribution in [-0.4, -0.2) is 30.3 Å². The Morgan fingerprint density at radius 2 is 1.68 bits per heavy atom. The molecular weight excluding hydrogens is 300 g/mol. The van der Waals surface area contributed by atoms with Gasteiger partial charge in [0, 0.05) is 24.2 Å². The first-order valence-corrected chi connectivity index (χ1v) is 7.25. The van der Waals surface area contributed by atoms with Crippen LogP contribution in [-0.2, 0) is 11.3 Å². The van der Waals surface area contributed by atoms with Crippen LogP contribution < -0.4 is 5.32 Å². The Morgan fingerprint density at radius 3 is 2.32 bits per heavy atom. The molecule has 0 bridgehead atoms. The lowest BCUT2D eigenvalue weighted by Gasteiger charge is -2.17. The minimum absolute atomic E-state index is 0.0299. The van der Waals surface area contributed by atoms with Crippen LogP contribution in [0.15, 0.2) is 54.6 Å². The van der Waals surface area contributed by atoms with E-state index in [1.165, 1.54) is 0 Å². The summed E-state index contributed by atoms with van der Waals surface area (Å²) in [6.07, 6.45) is 0. The second-order valence-electron chi connectivity index (χ2n) is 4.92. The molecule has 0 aromatic heterocycles. The molecule has 2 rings (SSSR count). The standard InChI is InChI=1S/C17H17ClN2O2/c1-20(12-13-7-9-15(18)10-8-13)16(21)11-19-17(22)14-5-3-2-4-6-14/h2-10H,11-12H2,1H3,(H,19,22). The van der Waals surface area contributed by atoms with Gasteiger partial charge in [-0.1, -0.05) is 41.9 Å². The van der Waals surface area contributed by atoms with Crippen LogP contribution in [0.2, 0.25) is 5.02 Å². The highest BCUT2D eigenvalue weighted by Gasteiger charge is 2.11. The molecule has 4 nitrogen and oxygen atoms in total. The van der Waals surface area contributed by atoms with E-state index in [0.29, 0.717) is 17.1 Å². The maximum absolute atomic E-state index is 12.0. The first-order valence-electron chi connectivity index (χ1n) is 6.88. The summed E-state index contributed by atoms with van der Waals surface area (Å²) in [4.78, 5) is 25.5. The molecule has 0 aliphatic carbocycles. The molecule has 0 radical (unpaired) electrons. The van der Waals surface area contributed by atoms with Crippen molar-refractivity contribution in [2.75, 3.05) is 13.6 Å². The Hall–Kier alpha value is -2.33. The fraction of sp³-hybridized carbons (Fsp3) is 0.176. The molecule has 0 atom stereocenters. The summed E-state index contributed by atoms with van der Waals surface area (Å²) in [5.74, 6) is -0.409. The number of carbonyl (C=O) groups excluding carboxylic acids is 2. The largest absolute Gasteiger partial charge is 0.343 e. The van der Waals surface area contributed by atoms with Gasteiger partial charge in [0.05, 0.1) is 6.54 Å². The molecule has 2 aromatic carbocycles. The average Bonchev–Trinajstić information content (AvgIpc) is 2.55. The number of nitrogens with one attached hydrogen (secondary N) is 1. The summed E-state index contributed by atoms with van der Waals surface area (Å²) in [7, 11) is 1.70. The number of hydrogen-bond donors (Lipinski definition) is 1. The van der Waals surface area contributed by atoms with Gasteiger partial charge in [-0.3, -0.25) is 9.59 Å². The van der Waals surface area contributed by atoms with Crippen LogP contribution >= 0.6 is 11.6 Å². The van der Waals surface area contributed by atoms with Crippen molar-refractivity contribution in [3.63, 3.8) is 0 Å². The average molecular weight is 317 g/mol. The summed E-state index contributed by atoms with van der Waals surface area (Å²) in [5, 5.41) is 3.28. The van der Waals surface area contributed by atoms with E-state index in [1.54, 1.807) is 48.3 Å². The third kappa shape index (κ3) is 4.60. The van der Waals surface area contributed by atoms with Crippen molar-refractivity contribution >= 4 is 23.4 Å². The highest BCUT2D eigenvalue weighted by molar-refractivity contribution is 6.30. The van der Waals surface area contributed by atoms with E-state index in [0.717, 1.165) is 5.56 Å².